The zero-order valence-corrected chi connectivity index (χ0v) is 24.0. The van der Waals surface area contributed by atoms with Crippen molar-refractivity contribution in [2.75, 3.05) is 20.3 Å². The van der Waals surface area contributed by atoms with Gasteiger partial charge >= 0.3 is 0 Å². The van der Waals surface area contributed by atoms with Gasteiger partial charge in [-0.15, -0.1) is 0 Å². The average molecular weight is 544 g/mol. The number of hydrogen-bond acceptors (Lipinski definition) is 6. The van der Waals surface area contributed by atoms with Gasteiger partial charge < -0.3 is 24.2 Å². The Morgan fingerprint density at radius 3 is 2.23 bits per heavy atom. The van der Waals surface area contributed by atoms with E-state index >= 15 is 0 Å². The number of carbonyl (C=O) groups excluding carboxylic acids is 2. The van der Waals surface area contributed by atoms with Crippen molar-refractivity contribution in [2.45, 2.75) is 52.6 Å². The third-order valence-corrected chi connectivity index (χ3v) is 6.94. The van der Waals surface area contributed by atoms with E-state index in [1.165, 1.54) is 4.90 Å². The van der Waals surface area contributed by atoms with E-state index in [9.17, 15) is 14.7 Å². The molecular weight excluding hydrogens is 506 g/mol. The van der Waals surface area contributed by atoms with Gasteiger partial charge in [0, 0.05) is 12.6 Å². The van der Waals surface area contributed by atoms with Crippen LogP contribution in [0.3, 0.4) is 0 Å². The third kappa shape index (κ3) is 5.83. The Labute approximate surface area is 236 Å². The largest absolute Gasteiger partial charge is 0.507 e. The normalized spacial score (nSPS) is 16.8. The van der Waals surface area contributed by atoms with Crippen molar-refractivity contribution in [3.8, 4) is 17.2 Å². The van der Waals surface area contributed by atoms with Crippen molar-refractivity contribution in [3.63, 3.8) is 0 Å². The SMILES string of the molecule is CCOc1ccc(/C(O)=C2/C(=O)C(=O)N(Cc3cccc(OC)c3)C2c2ccc(C(C)(C)C)cc2)c(OCC)c1. The fourth-order valence-corrected chi connectivity index (χ4v) is 4.90. The smallest absolute Gasteiger partial charge is 0.295 e. The van der Waals surface area contributed by atoms with Crippen LogP contribution in [0.1, 0.15) is 62.9 Å². The second-order valence-corrected chi connectivity index (χ2v) is 10.7. The van der Waals surface area contributed by atoms with Gasteiger partial charge in [-0.1, -0.05) is 57.2 Å². The van der Waals surface area contributed by atoms with Crippen LogP contribution in [0.25, 0.3) is 5.76 Å². The van der Waals surface area contributed by atoms with Gasteiger partial charge in [-0.2, -0.15) is 0 Å². The van der Waals surface area contributed by atoms with E-state index in [-0.39, 0.29) is 23.3 Å². The number of carbonyl (C=O) groups is 2. The molecule has 0 aliphatic carbocycles. The maximum absolute atomic E-state index is 13.6. The monoisotopic (exact) mass is 543 g/mol. The molecule has 1 saturated heterocycles. The molecule has 1 amide bonds. The predicted octanol–water partition coefficient (Wildman–Crippen LogP) is 6.41. The maximum Gasteiger partial charge on any atom is 0.295 e. The second-order valence-electron chi connectivity index (χ2n) is 10.7. The Hall–Kier alpha value is -4.26. The molecule has 1 N–H and O–H groups in total. The maximum atomic E-state index is 13.6. The van der Waals surface area contributed by atoms with Gasteiger partial charge in [0.2, 0.25) is 0 Å². The molecule has 210 valence electrons. The molecule has 0 bridgehead atoms. The van der Waals surface area contributed by atoms with Crippen molar-refractivity contribution < 1.29 is 28.9 Å². The Kier molecular flexibility index (Phi) is 8.52. The van der Waals surface area contributed by atoms with Crippen LogP contribution >= 0.6 is 0 Å². The van der Waals surface area contributed by atoms with Gasteiger partial charge in [0.05, 0.1) is 37.5 Å². The summed E-state index contributed by atoms with van der Waals surface area (Å²) in [6.07, 6.45) is 0. The molecule has 1 aliphatic rings. The van der Waals surface area contributed by atoms with Gasteiger partial charge in [-0.25, -0.2) is 0 Å². The first kappa shape index (κ1) is 28.7. The fraction of sp³-hybridized carbons (Fsp3) is 0.333. The summed E-state index contributed by atoms with van der Waals surface area (Å²) in [6.45, 7) is 11.1. The number of hydrogen-bond donors (Lipinski definition) is 1. The number of aliphatic hydroxyl groups is 1. The summed E-state index contributed by atoms with van der Waals surface area (Å²) in [5, 5.41) is 11.7. The Morgan fingerprint density at radius 2 is 1.60 bits per heavy atom. The first-order chi connectivity index (χ1) is 19.1. The Morgan fingerprint density at radius 1 is 0.900 bits per heavy atom. The minimum absolute atomic E-state index is 0.0153. The zero-order valence-electron chi connectivity index (χ0n) is 24.0. The van der Waals surface area contributed by atoms with Crippen molar-refractivity contribution in [2.24, 2.45) is 0 Å². The molecule has 3 aromatic rings. The van der Waals surface area contributed by atoms with E-state index in [4.69, 9.17) is 14.2 Å². The summed E-state index contributed by atoms with van der Waals surface area (Å²) < 4.78 is 16.8. The summed E-state index contributed by atoms with van der Waals surface area (Å²) >= 11 is 0. The zero-order chi connectivity index (χ0) is 29.0. The topological polar surface area (TPSA) is 85.3 Å². The fourth-order valence-electron chi connectivity index (χ4n) is 4.90. The van der Waals surface area contributed by atoms with Crippen molar-refractivity contribution in [3.05, 3.63) is 94.6 Å². The molecule has 1 heterocycles. The Bertz CT molecular complexity index is 1420. The quantitative estimate of drug-likeness (QED) is 0.191. The van der Waals surface area contributed by atoms with E-state index < -0.39 is 17.7 Å². The predicted molar refractivity (Wildman–Crippen MR) is 155 cm³/mol. The van der Waals surface area contributed by atoms with Crippen LogP contribution in [0.5, 0.6) is 17.2 Å². The standard InChI is InChI=1S/C33H37NO6/c1-7-39-25-16-17-26(27(19-25)40-8-2)30(35)28-29(22-12-14-23(15-13-22)33(3,4)5)34(32(37)31(28)36)20-21-10-9-11-24(18-21)38-6/h9-19,29,35H,7-8,20H2,1-6H3/b30-28-. The van der Waals surface area contributed by atoms with Gasteiger partial charge in [0.15, 0.2) is 0 Å². The van der Waals surface area contributed by atoms with Crippen molar-refractivity contribution >= 4 is 17.4 Å². The van der Waals surface area contributed by atoms with E-state index in [1.54, 1.807) is 25.3 Å². The first-order valence-corrected chi connectivity index (χ1v) is 13.5. The number of ether oxygens (including phenoxy) is 3. The molecular formula is C33H37NO6. The first-order valence-electron chi connectivity index (χ1n) is 13.5. The highest BCUT2D eigenvalue weighted by Gasteiger charge is 2.46. The lowest BCUT2D eigenvalue weighted by Crippen LogP contribution is -2.29. The number of amides is 1. The number of rotatable bonds is 9. The van der Waals surface area contributed by atoms with Crippen LogP contribution in [0.2, 0.25) is 0 Å². The molecule has 0 saturated carbocycles. The number of aliphatic hydroxyl groups excluding tert-OH is 1. The highest BCUT2D eigenvalue weighted by Crippen LogP contribution is 2.43. The van der Waals surface area contributed by atoms with E-state index in [1.807, 2.05) is 62.4 Å². The lowest BCUT2D eigenvalue weighted by atomic mass is 9.85. The van der Waals surface area contributed by atoms with Gasteiger partial charge in [-0.3, -0.25) is 9.59 Å². The van der Waals surface area contributed by atoms with E-state index in [0.717, 1.165) is 16.7 Å². The molecule has 0 spiro atoms. The minimum Gasteiger partial charge on any atom is -0.507 e. The number of methoxy groups -OCH3 is 1. The lowest BCUT2D eigenvalue weighted by molar-refractivity contribution is -0.140. The minimum atomic E-state index is -0.804. The van der Waals surface area contributed by atoms with Crippen LogP contribution in [0.15, 0.2) is 72.3 Å². The molecule has 1 aliphatic heterocycles. The number of benzene rings is 3. The summed E-state index contributed by atoms with van der Waals surface area (Å²) in [6, 6.07) is 19.5. The van der Waals surface area contributed by atoms with Crippen molar-refractivity contribution in [1.82, 2.24) is 4.90 Å². The second kappa shape index (κ2) is 11.9. The third-order valence-electron chi connectivity index (χ3n) is 6.94. The highest BCUT2D eigenvalue weighted by atomic mass is 16.5. The molecule has 1 unspecified atom stereocenters. The molecule has 4 rings (SSSR count). The van der Waals surface area contributed by atoms with Gasteiger partial charge in [0.25, 0.3) is 11.7 Å². The summed E-state index contributed by atoms with van der Waals surface area (Å²) in [5.41, 5.74) is 2.90. The molecule has 0 radical (unpaired) electrons. The number of ketones is 1. The van der Waals surface area contributed by atoms with Crippen LogP contribution in [-0.2, 0) is 21.5 Å². The van der Waals surface area contributed by atoms with Gasteiger partial charge in [0.1, 0.15) is 23.0 Å². The molecule has 7 nitrogen and oxygen atoms in total. The number of Topliss-reactive ketones (excluding diaryl/α,β-unsaturated/α-hetero) is 1. The van der Waals surface area contributed by atoms with E-state index in [2.05, 4.69) is 20.8 Å². The van der Waals surface area contributed by atoms with Crippen LogP contribution in [-0.4, -0.2) is 42.0 Å². The summed E-state index contributed by atoms with van der Waals surface area (Å²) in [7, 11) is 1.58. The molecule has 7 heteroatoms. The Balaban J connectivity index is 1.88. The molecule has 1 atom stereocenters. The van der Waals surface area contributed by atoms with Gasteiger partial charge in [-0.05, 0) is 60.2 Å². The number of likely N-dealkylation sites (tertiary alicyclic amines) is 1. The summed E-state index contributed by atoms with van der Waals surface area (Å²) in [5.74, 6) is -0.124. The lowest BCUT2D eigenvalue weighted by Gasteiger charge is -2.27. The number of nitrogens with zero attached hydrogens (tertiary/aromatic N) is 1. The average Bonchev–Trinajstić information content (AvgIpc) is 3.18. The highest BCUT2D eigenvalue weighted by molar-refractivity contribution is 6.46. The molecule has 40 heavy (non-hydrogen) atoms. The molecule has 1 fully saturated rings. The summed E-state index contributed by atoms with van der Waals surface area (Å²) in [4.78, 5) is 28.6. The molecule has 0 aromatic heterocycles. The van der Waals surface area contributed by atoms with E-state index in [0.29, 0.717) is 36.0 Å². The van der Waals surface area contributed by atoms with Crippen LogP contribution in [0.4, 0.5) is 0 Å². The van der Waals surface area contributed by atoms with Crippen LogP contribution < -0.4 is 14.2 Å². The van der Waals surface area contributed by atoms with Crippen molar-refractivity contribution in [1.29, 1.82) is 0 Å². The molecule has 3 aromatic carbocycles. The van der Waals surface area contributed by atoms with Crippen LogP contribution in [0, 0.1) is 0 Å².